The van der Waals surface area contributed by atoms with Gasteiger partial charge in [0.2, 0.25) is 6.71 Å². The predicted octanol–water partition coefficient (Wildman–Crippen LogP) is 2.79. The molecule has 3 aromatic rings. The van der Waals surface area contributed by atoms with Crippen LogP contribution in [0.3, 0.4) is 0 Å². The number of hydrogen-bond acceptors (Lipinski definition) is 0. The summed E-state index contributed by atoms with van der Waals surface area (Å²) in [5, 5.41) is 0. The molecule has 0 heterocycles. The molecule has 22 heavy (non-hydrogen) atoms. The van der Waals surface area contributed by atoms with E-state index in [1.807, 2.05) is 43.3 Å². The molecule has 0 saturated carbocycles. The fraction of sp³-hybridized carbons (Fsp3) is 0.0526. The van der Waals surface area contributed by atoms with Crippen molar-refractivity contribution in [2.45, 2.75) is 6.92 Å². The van der Waals surface area contributed by atoms with Crippen LogP contribution in [-0.2, 0) is 0 Å². The number of halogens is 2. The Hall–Kier alpha value is -2.42. The average Bonchev–Trinajstić information content (AvgIpc) is 2.50. The van der Waals surface area contributed by atoms with E-state index >= 15 is 0 Å². The third-order valence-corrected chi connectivity index (χ3v) is 3.77. The van der Waals surface area contributed by atoms with Crippen LogP contribution in [0, 0.1) is 18.6 Å². The van der Waals surface area contributed by atoms with Crippen LogP contribution in [0.25, 0.3) is 0 Å². The summed E-state index contributed by atoms with van der Waals surface area (Å²) < 4.78 is 27.3. The van der Waals surface area contributed by atoms with Crippen molar-refractivity contribution in [3.8, 4) is 0 Å². The Labute approximate surface area is 129 Å². The van der Waals surface area contributed by atoms with Gasteiger partial charge in [-0.1, -0.05) is 70.5 Å². The molecule has 0 spiro atoms. The second kappa shape index (κ2) is 6.14. The number of benzene rings is 3. The van der Waals surface area contributed by atoms with E-state index < -0.39 is 0 Å². The van der Waals surface area contributed by atoms with Gasteiger partial charge < -0.3 is 0 Å². The highest BCUT2D eigenvalue weighted by atomic mass is 19.1. The molecule has 0 fully saturated rings. The molecule has 0 aliphatic carbocycles. The van der Waals surface area contributed by atoms with Crippen molar-refractivity contribution in [3.05, 3.63) is 90.0 Å². The molecule has 0 aliphatic rings. The van der Waals surface area contributed by atoms with Crippen molar-refractivity contribution < 1.29 is 8.78 Å². The summed E-state index contributed by atoms with van der Waals surface area (Å²) in [5.74, 6) is -0.572. The SMILES string of the molecule is Cc1ccc(B(c2cccc(F)c2)c2cccc(F)c2)cc1. The molecule has 3 heteroatoms. The molecule has 3 aromatic carbocycles. The Balaban J connectivity index is 2.15. The van der Waals surface area contributed by atoms with Gasteiger partial charge in [-0.05, 0) is 31.2 Å². The summed E-state index contributed by atoms with van der Waals surface area (Å²) in [4.78, 5) is 0. The molecule has 0 aliphatic heterocycles. The molecule has 108 valence electrons. The second-order valence-corrected chi connectivity index (χ2v) is 5.45. The number of rotatable bonds is 3. The van der Waals surface area contributed by atoms with Crippen molar-refractivity contribution in [3.63, 3.8) is 0 Å². The molecule has 0 aromatic heterocycles. The van der Waals surface area contributed by atoms with E-state index in [4.69, 9.17) is 0 Å². The summed E-state index contributed by atoms with van der Waals surface area (Å²) in [6, 6.07) is 21.0. The zero-order chi connectivity index (χ0) is 15.5. The summed E-state index contributed by atoms with van der Waals surface area (Å²) >= 11 is 0. The average molecular weight is 292 g/mol. The van der Waals surface area contributed by atoms with Gasteiger partial charge in [0.15, 0.2) is 0 Å². The molecule has 0 N–H and O–H groups in total. The van der Waals surface area contributed by atoms with E-state index in [1.165, 1.54) is 24.3 Å². The quantitative estimate of drug-likeness (QED) is 0.651. The van der Waals surface area contributed by atoms with Crippen LogP contribution in [-0.4, -0.2) is 6.71 Å². The Morgan fingerprint density at radius 1 is 0.636 bits per heavy atom. The van der Waals surface area contributed by atoms with Crippen LogP contribution < -0.4 is 16.4 Å². The Morgan fingerprint density at radius 3 is 1.59 bits per heavy atom. The first-order chi connectivity index (χ1) is 10.6. The second-order valence-electron chi connectivity index (χ2n) is 5.45. The Bertz CT molecular complexity index is 736. The minimum absolute atomic E-state index is 0.188. The highest BCUT2D eigenvalue weighted by molar-refractivity contribution is 6.95. The molecule has 3 rings (SSSR count). The minimum atomic E-state index is -0.286. The molecule has 0 unspecified atom stereocenters. The lowest BCUT2D eigenvalue weighted by Gasteiger charge is -2.16. The minimum Gasteiger partial charge on any atom is -0.207 e. The van der Waals surface area contributed by atoms with Gasteiger partial charge >= 0.3 is 0 Å². The van der Waals surface area contributed by atoms with E-state index in [0.29, 0.717) is 0 Å². The van der Waals surface area contributed by atoms with Crippen molar-refractivity contribution >= 4 is 23.1 Å². The summed E-state index contributed by atoms with van der Waals surface area (Å²) in [6.45, 7) is 1.83. The van der Waals surface area contributed by atoms with Crippen LogP contribution in [0.2, 0.25) is 0 Å². The maximum atomic E-state index is 13.6. The highest BCUT2D eigenvalue weighted by Crippen LogP contribution is 2.02. The van der Waals surface area contributed by atoms with Gasteiger partial charge in [0, 0.05) is 0 Å². The van der Waals surface area contributed by atoms with E-state index in [2.05, 4.69) is 0 Å². The first-order valence-electron chi connectivity index (χ1n) is 7.21. The van der Waals surface area contributed by atoms with Crippen LogP contribution in [0.1, 0.15) is 5.56 Å². The fourth-order valence-electron chi connectivity index (χ4n) is 2.71. The molecule has 0 saturated heterocycles. The summed E-state index contributed by atoms with van der Waals surface area (Å²) in [6.07, 6.45) is 0. The summed E-state index contributed by atoms with van der Waals surface area (Å²) in [5.41, 5.74) is 3.80. The van der Waals surface area contributed by atoms with Crippen molar-refractivity contribution in [2.24, 2.45) is 0 Å². The van der Waals surface area contributed by atoms with Crippen molar-refractivity contribution in [1.82, 2.24) is 0 Å². The zero-order valence-corrected chi connectivity index (χ0v) is 12.3. The molecule has 0 nitrogen and oxygen atoms in total. The lowest BCUT2D eigenvalue weighted by atomic mass is 9.37. The zero-order valence-electron chi connectivity index (χ0n) is 12.3. The lowest BCUT2D eigenvalue weighted by Crippen LogP contribution is -2.52. The standard InChI is InChI=1S/C19H15BF2/c1-14-8-10-15(11-9-14)20(16-4-2-6-18(21)12-16)17-5-3-7-19(22)13-17/h2-13H,1H3. The van der Waals surface area contributed by atoms with Crippen LogP contribution in [0.5, 0.6) is 0 Å². The number of aryl methyl sites for hydroxylation is 1. The van der Waals surface area contributed by atoms with Crippen molar-refractivity contribution in [1.29, 1.82) is 0 Å². The third kappa shape index (κ3) is 3.09. The van der Waals surface area contributed by atoms with Crippen LogP contribution in [0.15, 0.2) is 72.8 Å². The van der Waals surface area contributed by atoms with E-state index in [-0.39, 0.29) is 18.3 Å². The van der Waals surface area contributed by atoms with Crippen LogP contribution >= 0.6 is 0 Å². The predicted molar refractivity (Wildman–Crippen MR) is 88.6 cm³/mol. The topological polar surface area (TPSA) is 0 Å². The maximum absolute atomic E-state index is 13.6. The monoisotopic (exact) mass is 292 g/mol. The van der Waals surface area contributed by atoms with Gasteiger partial charge in [0.1, 0.15) is 11.6 Å². The van der Waals surface area contributed by atoms with Gasteiger partial charge in [-0.3, -0.25) is 0 Å². The van der Waals surface area contributed by atoms with Crippen molar-refractivity contribution in [2.75, 3.05) is 0 Å². The fourth-order valence-corrected chi connectivity index (χ4v) is 2.71. The first-order valence-corrected chi connectivity index (χ1v) is 7.21. The molecular formula is C19H15BF2. The normalized spacial score (nSPS) is 10.5. The maximum Gasteiger partial charge on any atom is 0.241 e. The molecule has 0 amide bonds. The molecule has 0 radical (unpaired) electrons. The molecular weight excluding hydrogens is 277 g/mol. The van der Waals surface area contributed by atoms with Crippen LogP contribution in [0.4, 0.5) is 8.78 Å². The van der Waals surface area contributed by atoms with E-state index in [1.54, 1.807) is 12.1 Å². The van der Waals surface area contributed by atoms with Gasteiger partial charge in [-0.15, -0.1) is 0 Å². The van der Waals surface area contributed by atoms with Gasteiger partial charge in [0.05, 0.1) is 0 Å². The Morgan fingerprint density at radius 2 is 1.14 bits per heavy atom. The number of hydrogen-bond donors (Lipinski definition) is 0. The lowest BCUT2D eigenvalue weighted by molar-refractivity contribution is 0.629. The highest BCUT2D eigenvalue weighted by Gasteiger charge is 2.22. The largest absolute Gasteiger partial charge is 0.241 e. The van der Waals surface area contributed by atoms with Gasteiger partial charge in [0.25, 0.3) is 0 Å². The van der Waals surface area contributed by atoms with Gasteiger partial charge in [-0.25, -0.2) is 8.78 Å². The van der Waals surface area contributed by atoms with E-state index in [9.17, 15) is 8.78 Å². The molecule has 0 bridgehead atoms. The van der Waals surface area contributed by atoms with Gasteiger partial charge in [-0.2, -0.15) is 0 Å². The first kappa shape index (κ1) is 14.5. The Kier molecular flexibility index (Phi) is 4.05. The van der Waals surface area contributed by atoms with E-state index in [0.717, 1.165) is 22.0 Å². The summed E-state index contributed by atoms with van der Waals surface area (Å²) in [7, 11) is 0. The smallest absolute Gasteiger partial charge is 0.207 e. The molecule has 0 atom stereocenters. The third-order valence-electron chi connectivity index (χ3n) is 3.77.